The quantitative estimate of drug-likeness (QED) is 0.539. The van der Waals surface area contributed by atoms with Gasteiger partial charge in [-0.05, 0) is 19.8 Å². The number of anilines is 3. The van der Waals surface area contributed by atoms with Crippen LogP contribution < -0.4 is 21.5 Å². The summed E-state index contributed by atoms with van der Waals surface area (Å²) in [7, 11) is 0. The van der Waals surface area contributed by atoms with Crippen LogP contribution >= 0.6 is 0 Å². The average Bonchev–Trinajstić information content (AvgIpc) is 3.16. The molecule has 9 nitrogen and oxygen atoms in total. The summed E-state index contributed by atoms with van der Waals surface area (Å²) < 4.78 is 5.14. The summed E-state index contributed by atoms with van der Waals surface area (Å²) in [4.78, 5) is 15.0. The van der Waals surface area contributed by atoms with Gasteiger partial charge in [0.25, 0.3) is 0 Å². The molecule has 0 radical (unpaired) electrons. The first-order valence-electron chi connectivity index (χ1n) is 6.88. The Morgan fingerprint density at radius 3 is 2.67 bits per heavy atom. The highest BCUT2D eigenvalue weighted by Crippen LogP contribution is 2.18. The normalized spacial score (nSPS) is 14.5. The predicted octanol–water partition coefficient (Wildman–Crippen LogP) is 0.666. The molecule has 21 heavy (non-hydrogen) atoms. The third-order valence-corrected chi connectivity index (χ3v) is 3.24. The number of nitrogen functional groups attached to an aromatic ring is 1. The van der Waals surface area contributed by atoms with Gasteiger partial charge in [0.15, 0.2) is 5.76 Å². The topological polar surface area (TPSA) is 118 Å². The van der Waals surface area contributed by atoms with Crippen molar-refractivity contribution in [2.45, 2.75) is 26.3 Å². The van der Waals surface area contributed by atoms with Gasteiger partial charge in [0.05, 0.1) is 12.2 Å². The highest BCUT2D eigenvalue weighted by atomic mass is 16.5. The number of nitrogens with one attached hydrogen (secondary N) is 2. The third kappa shape index (κ3) is 3.19. The number of hydrogen-bond donors (Lipinski definition) is 3. The monoisotopic (exact) mass is 290 g/mol. The lowest BCUT2D eigenvalue weighted by Crippen LogP contribution is -2.23. The molecular weight excluding hydrogens is 272 g/mol. The Morgan fingerprint density at radius 2 is 2.00 bits per heavy atom. The molecule has 0 bridgehead atoms. The minimum absolute atomic E-state index is 0.336. The maximum Gasteiger partial charge on any atom is 0.243 e. The van der Waals surface area contributed by atoms with E-state index in [1.54, 1.807) is 0 Å². The Labute approximate surface area is 121 Å². The van der Waals surface area contributed by atoms with Gasteiger partial charge in [-0.1, -0.05) is 5.16 Å². The molecule has 9 heteroatoms. The lowest BCUT2D eigenvalue weighted by atomic mass is 10.4. The van der Waals surface area contributed by atoms with Crippen LogP contribution in [0.25, 0.3) is 0 Å². The Kier molecular flexibility index (Phi) is 3.82. The van der Waals surface area contributed by atoms with Crippen molar-refractivity contribution in [1.82, 2.24) is 20.1 Å². The molecule has 3 rings (SSSR count). The fraction of sp³-hybridized carbons (Fsp3) is 0.500. The number of aryl methyl sites for hydroxylation is 1. The van der Waals surface area contributed by atoms with Crippen LogP contribution in [-0.4, -0.2) is 33.2 Å². The summed E-state index contributed by atoms with van der Waals surface area (Å²) in [6, 6.07) is 1.86. The molecule has 2 aromatic rings. The fourth-order valence-electron chi connectivity index (χ4n) is 2.23. The van der Waals surface area contributed by atoms with Gasteiger partial charge in [0.2, 0.25) is 17.8 Å². The van der Waals surface area contributed by atoms with Crippen LogP contribution in [0.2, 0.25) is 0 Å². The van der Waals surface area contributed by atoms with Gasteiger partial charge in [0.1, 0.15) is 0 Å². The molecule has 0 spiro atoms. The second kappa shape index (κ2) is 5.92. The third-order valence-electron chi connectivity index (χ3n) is 3.24. The largest absolute Gasteiger partial charge is 0.359 e. The van der Waals surface area contributed by atoms with E-state index in [1.807, 2.05) is 13.0 Å². The Hall–Kier alpha value is -2.42. The first-order valence-corrected chi connectivity index (χ1v) is 6.88. The molecule has 112 valence electrons. The summed E-state index contributed by atoms with van der Waals surface area (Å²) in [5, 5.41) is 6.93. The zero-order chi connectivity index (χ0) is 14.7. The maximum atomic E-state index is 5.42. The molecule has 1 aliphatic heterocycles. The molecule has 2 aromatic heterocycles. The highest BCUT2D eigenvalue weighted by Gasteiger charge is 2.17. The predicted molar refractivity (Wildman–Crippen MR) is 77.7 cm³/mol. The van der Waals surface area contributed by atoms with Crippen molar-refractivity contribution in [2.24, 2.45) is 5.84 Å². The molecular formula is C12H18N8O. The highest BCUT2D eigenvalue weighted by molar-refractivity contribution is 5.43. The maximum absolute atomic E-state index is 5.42. The zero-order valence-corrected chi connectivity index (χ0v) is 11.8. The SMILES string of the molecule is Cc1cc(CNc2nc(NN)nc(N3CCCC3)n2)on1. The first-order chi connectivity index (χ1) is 10.2. The lowest BCUT2D eigenvalue weighted by Gasteiger charge is -2.16. The van der Waals surface area contributed by atoms with E-state index in [0.717, 1.165) is 37.4 Å². The summed E-state index contributed by atoms with van der Waals surface area (Å²) >= 11 is 0. The van der Waals surface area contributed by atoms with E-state index in [1.165, 1.54) is 0 Å². The minimum Gasteiger partial charge on any atom is -0.359 e. The van der Waals surface area contributed by atoms with Crippen LogP contribution in [-0.2, 0) is 6.54 Å². The van der Waals surface area contributed by atoms with Crippen molar-refractivity contribution in [3.8, 4) is 0 Å². The van der Waals surface area contributed by atoms with Gasteiger partial charge in [0, 0.05) is 19.2 Å². The standard InChI is InChI=1S/C12H18N8O/c1-8-6-9(21-19-8)7-14-10-15-11(18-13)17-12(16-10)20-4-2-3-5-20/h6H,2-5,7,13H2,1H3,(H2,14,15,16,17,18). The van der Waals surface area contributed by atoms with Crippen molar-refractivity contribution in [2.75, 3.05) is 28.7 Å². The van der Waals surface area contributed by atoms with Gasteiger partial charge in [-0.25, -0.2) is 5.84 Å². The van der Waals surface area contributed by atoms with Crippen LogP contribution in [0.3, 0.4) is 0 Å². The molecule has 0 atom stereocenters. The van der Waals surface area contributed by atoms with Crippen LogP contribution in [0.15, 0.2) is 10.6 Å². The molecule has 4 N–H and O–H groups in total. The molecule has 1 fully saturated rings. The number of rotatable bonds is 5. The Balaban J connectivity index is 1.75. The molecule has 3 heterocycles. The van der Waals surface area contributed by atoms with Gasteiger partial charge in [-0.2, -0.15) is 15.0 Å². The van der Waals surface area contributed by atoms with Crippen LogP contribution in [0.4, 0.5) is 17.8 Å². The minimum atomic E-state index is 0.336. The molecule has 0 aromatic carbocycles. The molecule has 0 amide bonds. The van der Waals surface area contributed by atoms with Gasteiger partial charge < -0.3 is 14.7 Å². The summed E-state index contributed by atoms with van der Waals surface area (Å²) in [6.07, 6.45) is 2.30. The smallest absolute Gasteiger partial charge is 0.243 e. The van der Waals surface area contributed by atoms with E-state index in [9.17, 15) is 0 Å². The van der Waals surface area contributed by atoms with Crippen LogP contribution in [0.1, 0.15) is 24.3 Å². The number of hydrogen-bond acceptors (Lipinski definition) is 9. The second-order valence-electron chi connectivity index (χ2n) is 4.91. The number of aromatic nitrogens is 4. The fourth-order valence-corrected chi connectivity index (χ4v) is 2.23. The summed E-state index contributed by atoms with van der Waals surface area (Å²) in [6.45, 7) is 4.23. The Bertz CT molecular complexity index is 607. The van der Waals surface area contributed by atoms with Crippen molar-refractivity contribution in [1.29, 1.82) is 0 Å². The van der Waals surface area contributed by atoms with Crippen molar-refractivity contribution >= 4 is 17.8 Å². The summed E-state index contributed by atoms with van der Waals surface area (Å²) in [5.74, 6) is 7.56. The van der Waals surface area contributed by atoms with E-state index in [4.69, 9.17) is 10.4 Å². The summed E-state index contributed by atoms with van der Waals surface area (Å²) in [5.41, 5.74) is 3.31. The lowest BCUT2D eigenvalue weighted by molar-refractivity contribution is 0.384. The van der Waals surface area contributed by atoms with Gasteiger partial charge >= 0.3 is 0 Å². The van der Waals surface area contributed by atoms with Crippen molar-refractivity contribution in [3.63, 3.8) is 0 Å². The molecule has 0 unspecified atom stereocenters. The molecule has 0 saturated carbocycles. The van der Waals surface area contributed by atoms with E-state index in [0.29, 0.717) is 24.4 Å². The van der Waals surface area contributed by atoms with Crippen molar-refractivity contribution in [3.05, 3.63) is 17.5 Å². The zero-order valence-electron chi connectivity index (χ0n) is 11.8. The van der Waals surface area contributed by atoms with Gasteiger partial charge in [-0.15, -0.1) is 0 Å². The van der Waals surface area contributed by atoms with Crippen LogP contribution in [0, 0.1) is 6.92 Å². The van der Waals surface area contributed by atoms with Crippen molar-refractivity contribution < 1.29 is 4.52 Å². The average molecular weight is 290 g/mol. The van der Waals surface area contributed by atoms with Gasteiger partial charge in [-0.3, -0.25) is 5.43 Å². The van der Waals surface area contributed by atoms with E-state index >= 15 is 0 Å². The van der Waals surface area contributed by atoms with E-state index in [2.05, 4.69) is 35.8 Å². The van der Waals surface area contributed by atoms with E-state index in [-0.39, 0.29) is 0 Å². The Morgan fingerprint density at radius 1 is 1.24 bits per heavy atom. The number of nitrogens with zero attached hydrogens (tertiary/aromatic N) is 5. The number of hydrazine groups is 1. The number of nitrogens with two attached hydrogens (primary N) is 1. The second-order valence-corrected chi connectivity index (χ2v) is 4.91. The van der Waals surface area contributed by atoms with Crippen LogP contribution in [0.5, 0.6) is 0 Å². The first kappa shape index (κ1) is 13.6. The molecule has 0 aliphatic carbocycles. The van der Waals surface area contributed by atoms with E-state index < -0.39 is 0 Å². The molecule has 1 saturated heterocycles. The molecule has 1 aliphatic rings.